The lowest BCUT2D eigenvalue weighted by molar-refractivity contribution is -0.134. The molecule has 2 N–H and O–H groups in total. The van der Waals surface area contributed by atoms with E-state index in [9.17, 15) is 4.79 Å². The van der Waals surface area contributed by atoms with E-state index in [4.69, 9.17) is 5.73 Å². The molecule has 3 nitrogen and oxygen atoms in total. The zero-order chi connectivity index (χ0) is 12.8. The van der Waals surface area contributed by atoms with E-state index in [2.05, 4.69) is 13.8 Å². The number of carbonyl (C=O) groups excluding carboxylic acids is 1. The lowest BCUT2D eigenvalue weighted by atomic mass is 9.86. The highest BCUT2D eigenvalue weighted by Gasteiger charge is 2.27. The van der Waals surface area contributed by atoms with E-state index in [1.54, 1.807) is 0 Å². The minimum absolute atomic E-state index is 0.137. The molecule has 0 saturated heterocycles. The Labute approximate surface area is 106 Å². The molecule has 1 saturated carbocycles. The second kappa shape index (κ2) is 7.00. The third-order valence-electron chi connectivity index (χ3n) is 3.99. The summed E-state index contributed by atoms with van der Waals surface area (Å²) in [5, 5.41) is 0. The van der Waals surface area contributed by atoms with Crippen LogP contribution in [0.3, 0.4) is 0 Å². The number of amides is 1. The van der Waals surface area contributed by atoms with Crippen molar-refractivity contribution in [3.63, 3.8) is 0 Å². The van der Waals surface area contributed by atoms with E-state index < -0.39 is 0 Å². The molecule has 0 radical (unpaired) electrons. The predicted octanol–water partition coefficient (Wildman–Crippen LogP) is 2.54. The molecule has 1 amide bonds. The van der Waals surface area contributed by atoms with Crippen LogP contribution in [0.5, 0.6) is 0 Å². The summed E-state index contributed by atoms with van der Waals surface area (Å²) in [5.74, 6) is 0.883. The van der Waals surface area contributed by atoms with Gasteiger partial charge in [-0.25, -0.2) is 0 Å². The van der Waals surface area contributed by atoms with Gasteiger partial charge in [0.1, 0.15) is 0 Å². The average molecular weight is 240 g/mol. The van der Waals surface area contributed by atoms with Crippen LogP contribution in [0.1, 0.15) is 58.8 Å². The second-order valence-electron chi connectivity index (χ2n) is 5.62. The van der Waals surface area contributed by atoms with E-state index in [1.165, 1.54) is 12.8 Å². The van der Waals surface area contributed by atoms with Crippen LogP contribution in [0.15, 0.2) is 0 Å². The maximum absolute atomic E-state index is 12.2. The van der Waals surface area contributed by atoms with Crippen LogP contribution in [-0.2, 0) is 4.79 Å². The third-order valence-corrected chi connectivity index (χ3v) is 3.99. The molecule has 100 valence electrons. The SMILES string of the molecule is CCCC[C@H](N)C(=O)N(C)C1CCCC(C)C1. The van der Waals surface area contributed by atoms with Gasteiger partial charge in [-0.15, -0.1) is 0 Å². The van der Waals surface area contributed by atoms with Gasteiger partial charge in [0.25, 0.3) is 0 Å². The molecule has 17 heavy (non-hydrogen) atoms. The first-order chi connectivity index (χ1) is 8.06. The summed E-state index contributed by atoms with van der Waals surface area (Å²) in [7, 11) is 1.93. The molecule has 1 aliphatic carbocycles. The van der Waals surface area contributed by atoms with E-state index >= 15 is 0 Å². The van der Waals surface area contributed by atoms with Crippen LogP contribution in [-0.4, -0.2) is 29.9 Å². The monoisotopic (exact) mass is 240 g/mol. The number of hydrogen-bond acceptors (Lipinski definition) is 2. The molecule has 0 aliphatic heterocycles. The number of likely N-dealkylation sites (N-methyl/N-ethyl adjacent to an activating group) is 1. The lowest BCUT2D eigenvalue weighted by Gasteiger charge is -2.35. The summed E-state index contributed by atoms with van der Waals surface area (Å²) >= 11 is 0. The fourth-order valence-corrected chi connectivity index (χ4v) is 2.74. The highest BCUT2D eigenvalue weighted by Crippen LogP contribution is 2.27. The predicted molar refractivity (Wildman–Crippen MR) is 71.7 cm³/mol. The quantitative estimate of drug-likeness (QED) is 0.802. The average Bonchev–Trinajstić information content (AvgIpc) is 2.34. The largest absolute Gasteiger partial charge is 0.341 e. The maximum Gasteiger partial charge on any atom is 0.239 e. The molecule has 0 aromatic heterocycles. The maximum atomic E-state index is 12.2. The minimum atomic E-state index is -0.294. The number of nitrogens with zero attached hydrogens (tertiary/aromatic N) is 1. The Balaban J connectivity index is 2.44. The molecule has 3 heteroatoms. The Hall–Kier alpha value is -0.570. The third kappa shape index (κ3) is 4.30. The van der Waals surface area contributed by atoms with Crippen molar-refractivity contribution in [3.8, 4) is 0 Å². The van der Waals surface area contributed by atoms with Gasteiger partial charge in [-0.05, 0) is 25.2 Å². The van der Waals surface area contributed by atoms with E-state index in [1.807, 2.05) is 11.9 Å². The van der Waals surface area contributed by atoms with E-state index in [0.717, 1.165) is 38.0 Å². The topological polar surface area (TPSA) is 46.3 Å². The highest BCUT2D eigenvalue weighted by molar-refractivity contribution is 5.81. The van der Waals surface area contributed by atoms with E-state index in [-0.39, 0.29) is 11.9 Å². The van der Waals surface area contributed by atoms with Crippen molar-refractivity contribution in [2.24, 2.45) is 11.7 Å². The van der Waals surface area contributed by atoms with Crippen molar-refractivity contribution in [1.29, 1.82) is 0 Å². The first-order valence-electron chi connectivity index (χ1n) is 7.08. The number of unbranched alkanes of at least 4 members (excludes halogenated alkanes) is 1. The van der Waals surface area contributed by atoms with Gasteiger partial charge in [-0.1, -0.05) is 39.5 Å². The lowest BCUT2D eigenvalue weighted by Crippen LogP contribution is -2.47. The van der Waals surface area contributed by atoms with Crippen LogP contribution >= 0.6 is 0 Å². The summed E-state index contributed by atoms with van der Waals surface area (Å²) < 4.78 is 0. The van der Waals surface area contributed by atoms with Gasteiger partial charge in [0.15, 0.2) is 0 Å². The van der Waals surface area contributed by atoms with Crippen LogP contribution in [0.2, 0.25) is 0 Å². The standard InChI is InChI=1S/C14H28N2O/c1-4-5-9-13(15)14(17)16(3)12-8-6-7-11(2)10-12/h11-13H,4-10,15H2,1-3H3/t11?,12?,13-/m0/s1. The Morgan fingerprint density at radius 2 is 2.18 bits per heavy atom. The molecule has 0 spiro atoms. The van der Waals surface area contributed by atoms with Crippen LogP contribution in [0.25, 0.3) is 0 Å². The summed E-state index contributed by atoms with van der Waals surface area (Å²) in [6.07, 6.45) is 7.80. The zero-order valence-electron chi connectivity index (χ0n) is 11.6. The van der Waals surface area contributed by atoms with E-state index in [0.29, 0.717) is 6.04 Å². The van der Waals surface area contributed by atoms with Gasteiger partial charge in [-0.2, -0.15) is 0 Å². The first kappa shape index (κ1) is 14.5. The summed E-state index contributed by atoms with van der Waals surface area (Å²) in [6, 6.07) is 0.121. The van der Waals surface area contributed by atoms with Crippen molar-refractivity contribution in [3.05, 3.63) is 0 Å². The minimum Gasteiger partial charge on any atom is -0.341 e. The molecule has 3 atom stereocenters. The molecule has 0 bridgehead atoms. The fourth-order valence-electron chi connectivity index (χ4n) is 2.74. The first-order valence-corrected chi connectivity index (χ1v) is 7.08. The van der Waals surface area contributed by atoms with Crippen LogP contribution < -0.4 is 5.73 Å². The fraction of sp³-hybridized carbons (Fsp3) is 0.929. The van der Waals surface area contributed by atoms with Gasteiger partial charge >= 0.3 is 0 Å². The van der Waals surface area contributed by atoms with Gasteiger partial charge in [0.05, 0.1) is 6.04 Å². The van der Waals surface area contributed by atoms with Crippen molar-refractivity contribution < 1.29 is 4.79 Å². The van der Waals surface area contributed by atoms with Gasteiger partial charge in [0, 0.05) is 13.1 Å². The van der Waals surface area contributed by atoms with Crippen molar-refractivity contribution in [2.75, 3.05) is 7.05 Å². The van der Waals surface area contributed by atoms with Gasteiger partial charge in [-0.3, -0.25) is 4.79 Å². The number of hydrogen-bond donors (Lipinski definition) is 1. The molecule has 2 unspecified atom stereocenters. The van der Waals surface area contributed by atoms with Crippen molar-refractivity contribution in [2.45, 2.75) is 70.9 Å². The summed E-state index contributed by atoms with van der Waals surface area (Å²) in [4.78, 5) is 14.1. The molecule has 0 aromatic carbocycles. The summed E-state index contributed by atoms with van der Waals surface area (Å²) in [5.41, 5.74) is 5.95. The van der Waals surface area contributed by atoms with Crippen LogP contribution in [0.4, 0.5) is 0 Å². The Bertz CT molecular complexity index is 242. The molecule has 0 aromatic rings. The van der Waals surface area contributed by atoms with Gasteiger partial charge in [0.2, 0.25) is 5.91 Å². The molecule has 1 rings (SSSR count). The Morgan fingerprint density at radius 1 is 1.47 bits per heavy atom. The van der Waals surface area contributed by atoms with Crippen molar-refractivity contribution in [1.82, 2.24) is 4.90 Å². The molecular formula is C14H28N2O. The summed E-state index contributed by atoms with van der Waals surface area (Å²) in [6.45, 7) is 4.41. The zero-order valence-corrected chi connectivity index (χ0v) is 11.6. The molecule has 0 heterocycles. The molecule has 1 fully saturated rings. The van der Waals surface area contributed by atoms with Crippen molar-refractivity contribution >= 4 is 5.91 Å². The van der Waals surface area contributed by atoms with Gasteiger partial charge < -0.3 is 10.6 Å². The molecular weight excluding hydrogens is 212 g/mol. The number of nitrogens with two attached hydrogens (primary N) is 1. The van der Waals surface area contributed by atoms with Crippen LogP contribution in [0, 0.1) is 5.92 Å². The number of carbonyl (C=O) groups is 1. The highest BCUT2D eigenvalue weighted by atomic mass is 16.2. The smallest absolute Gasteiger partial charge is 0.239 e. The Morgan fingerprint density at radius 3 is 2.76 bits per heavy atom. The number of rotatable bonds is 5. The Kier molecular flexibility index (Phi) is 5.96. The second-order valence-corrected chi connectivity index (χ2v) is 5.62. The molecule has 1 aliphatic rings. The normalized spacial score (nSPS) is 26.6.